The first-order chi connectivity index (χ1) is 17.8. The highest BCUT2D eigenvalue weighted by molar-refractivity contribution is 8.18. The van der Waals surface area contributed by atoms with Crippen LogP contribution in [-0.4, -0.2) is 39.3 Å². The van der Waals surface area contributed by atoms with Crippen molar-refractivity contribution in [1.82, 2.24) is 9.80 Å². The Hall–Kier alpha value is -2.88. The maximum Gasteiger partial charge on any atom is 0.342 e. The summed E-state index contributed by atoms with van der Waals surface area (Å²) in [4.78, 5) is 23.8. The molecule has 1 saturated heterocycles. The zero-order valence-electron chi connectivity index (χ0n) is 20.5. The maximum absolute atomic E-state index is 14.0. The molecule has 3 aliphatic heterocycles. The van der Waals surface area contributed by atoms with Crippen LogP contribution in [0.4, 0.5) is 0 Å². The number of likely N-dealkylation sites (tertiary alicyclic amines) is 1. The number of thioether (sulfide) groups is 1. The number of hydrogen-bond donors (Lipinski definition) is 2. The Morgan fingerprint density at radius 2 is 1.73 bits per heavy atom. The van der Waals surface area contributed by atoms with Crippen molar-refractivity contribution in [3.8, 4) is 0 Å². The van der Waals surface area contributed by atoms with Gasteiger partial charge in [0.25, 0.3) is 5.91 Å². The predicted molar refractivity (Wildman–Crippen MR) is 148 cm³/mol. The largest absolute Gasteiger partial charge is 0.342 e. The molecule has 4 N–H and O–H groups in total. The van der Waals surface area contributed by atoms with E-state index in [2.05, 4.69) is 29.1 Å². The lowest BCUT2D eigenvalue weighted by Gasteiger charge is -2.32. The number of allylic oxidation sites excluding steroid dienone is 1. The van der Waals surface area contributed by atoms with E-state index in [1.165, 1.54) is 11.8 Å². The summed E-state index contributed by atoms with van der Waals surface area (Å²) in [5.74, 6) is 5.47. The summed E-state index contributed by atoms with van der Waals surface area (Å²) < 4.78 is 0. The Morgan fingerprint density at radius 3 is 2.32 bits per heavy atom. The van der Waals surface area contributed by atoms with Crippen LogP contribution in [0.25, 0.3) is 0 Å². The summed E-state index contributed by atoms with van der Waals surface area (Å²) in [6.07, 6.45) is 1.56. The Kier molecular flexibility index (Phi) is 7.29. The van der Waals surface area contributed by atoms with E-state index in [0.29, 0.717) is 21.5 Å². The number of carbonyl (C=O) groups excluding carboxylic acids is 1. The number of amidine groups is 2. The summed E-state index contributed by atoms with van der Waals surface area (Å²) in [6.45, 7) is 4.80. The van der Waals surface area contributed by atoms with Crippen LogP contribution >= 0.6 is 35.0 Å². The molecule has 37 heavy (non-hydrogen) atoms. The maximum atomic E-state index is 14.0. The monoisotopic (exact) mass is 556 g/mol. The number of nitrogens with zero attached hydrogens (tertiary/aromatic N) is 5. The van der Waals surface area contributed by atoms with Crippen LogP contribution in [0, 0.1) is 5.92 Å². The summed E-state index contributed by atoms with van der Waals surface area (Å²) >= 11 is 13.8. The molecule has 1 amide bonds. The average Bonchev–Trinajstić information content (AvgIpc) is 3.59. The van der Waals surface area contributed by atoms with Crippen molar-refractivity contribution in [2.24, 2.45) is 27.1 Å². The zero-order valence-corrected chi connectivity index (χ0v) is 22.8. The molecule has 0 aliphatic carbocycles. The Balaban J connectivity index is 1.57. The van der Waals surface area contributed by atoms with Gasteiger partial charge in [-0.3, -0.25) is 21.0 Å². The SMILES string of the molecule is CC(C)C1=C(C(=O)N2CCCC2C(=[NH2+])N=NN)SC2=N[C@@H](c3ccc(Cl)cc3)[C@@H](c3ccc(Cl)cc3)N21. The molecule has 5 rings (SSSR count). The number of halogens is 2. The number of amides is 1. The second kappa shape index (κ2) is 10.5. The Morgan fingerprint density at radius 1 is 1.11 bits per heavy atom. The van der Waals surface area contributed by atoms with E-state index in [0.717, 1.165) is 34.8 Å². The molecule has 2 aromatic carbocycles. The molecule has 0 bridgehead atoms. The van der Waals surface area contributed by atoms with Crippen molar-refractivity contribution in [2.75, 3.05) is 6.54 Å². The third-order valence-electron chi connectivity index (χ3n) is 6.91. The predicted octanol–water partition coefficient (Wildman–Crippen LogP) is 4.54. The third kappa shape index (κ3) is 4.76. The molecule has 1 unspecified atom stereocenters. The van der Waals surface area contributed by atoms with E-state index < -0.39 is 0 Å². The van der Waals surface area contributed by atoms with Crippen LogP contribution in [0.1, 0.15) is 49.9 Å². The van der Waals surface area contributed by atoms with Gasteiger partial charge in [-0.15, -0.1) is 0 Å². The summed E-state index contributed by atoms with van der Waals surface area (Å²) in [5, 5.41) is 15.4. The highest BCUT2D eigenvalue weighted by Crippen LogP contribution is 2.53. The van der Waals surface area contributed by atoms with Gasteiger partial charge >= 0.3 is 5.84 Å². The van der Waals surface area contributed by atoms with Gasteiger partial charge in [-0.25, -0.2) is 0 Å². The number of hydrogen-bond acceptors (Lipinski definition) is 5. The molecular formula is C26H28Cl2N7OS+. The smallest absolute Gasteiger partial charge is 0.323 e. The van der Waals surface area contributed by atoms with E-state index in [1.807, 2.05) is 48.5 Å². The van der Waals surface area contributed by atoms with Crippen LogP contribution < -0.4 is 11.3 Å². The molecule has 192 valence electrons. The number of fused-ring (bicyclic) bond motifs is 1. The van der Waals surface area contributed by atoms with Crippen molar-refractivity contribution in [2.45, 2.75) is 44.8 Å². The van der Waals surface area contributed by atoms with Gasteiger partial charge in [0, 0.05) is 27.5 Å². The van der Waals surface area contributed by atoms with Gasteiger partial charge in [0.15, 0.2) is 5.17 Å². The molecule has 0 saturated carbocycles. The second-order valence-electron chi connectivity index (χ2n) is 9.54. The van der Waals surface area contributed by atoms with Crippen LogP contribution in [0.15, 0.2) is 74.5 Å². The van der Waals surface area contributed by atoms with E-state index in [9.17, 15) is 4.79 Å². The zero-order chi connectivity index (χ0) is 26.3. The number of rotatable bonds is 5. The van der Waals surface area contributed by atoms with Gasteiger partial charge in [-0.2, -0.15) is 0 Å². The molecule has 3 aliphatic rings. The summed E-state index contributed by atoms with van der Waals surface area (Å²) in [7, 11) is 0. The highest BCUT2D eigenvalue weighted by atomic mass is 35.5. The van der Waals surface area contributed by atoms with Crippen molar-refractivity contribution in [1.29, 1.82) is 0 Å². The van der Waals surface area contributed by atoms with E-state index in [4.69, 9.17) is 39.4 Å². The summed E-state index contributed by atoms with van der Waals surface area (Å²) in [6, 6.07) is 15.0. The van der Waals surface area contributed by atoms with Gasteiger partial charge in [-0.05, 0) is 65.9 Å². The normalized spacial score (nSPS) is 23.4. The number of aliphatic imine (C=N–C) groups is 1. The Bertz CT molecular complexity index is 1310. The van der Waals surface area contributed by atoms with Crippen LogP contribution in [0.2, 0.25) is 10.0 Å². The molecule has 8 nitrogen and oxygen atoms in total. The Labute approximate surface area is 230 Å². The van der Waals surface area contributed by atoms with Crippen molar-refractivity contribution >= 4 is 51.9 Å². The molecule has 1 fully saturated rings. The van der Waals surface area contributed by atoms with Gasteiger partial charge in [0.2, 0.25) is 0 Å². The fraction of sp³-hybridized carbons (Fsp3) is 0.346. The fourth-order valence-corrected chi connectivity index (χ4v) is 6.83. The van der Waals surface area contributed by atoms with Crippen LogP contribution in [0.3, 0.4) is 0 Å². The van der Waals surface area contributed by atoms with Crippen molar-refractivity contribution in [3.05, 3.63) is 80.3 Å². The summed E-state index contributed by atoms with van der Waals surface area (Å²) in [5.41, 5.74) is 3.07. The fourth-order valence-electron chi connectivity index (χ4n) is 5.28. The first kappa shape index (κ1) is 25.8. The number of carbonyl (C=O) groups is 1. The molecule has 0 spiro atoms. The van der Waals surface area contributed by atoms with E-state index >= 15 is 0 Å². The molecule has 3 heterocycles. The lowest BCUT2D eigenvalue weighted by Crippen LogP contribution is -2.52. The average molecular weight is 558 g/mol. The molecule has 0 radical (unpaired) electrons. The lowest BCUT2D eigenvalue weighted by molar-refractivity contribution is -0.134. The molecule has 0 aromatic heterocycles. The molecule has 11 heteroatoms. The van der Waals surface area contributed by atoms with Crippen molar-refractivity contribution in [3.63, 3.8) is 0 Å². The molecule has 3 atom stereocenters. The number of nitrogens with two attached hydrogens (primary N) is 2. The van der Waals surface area contributed by atoms with Crippen LogP contribution in [0.5, 0.6) is 0 Å². The van der Waals surface area contributed by atoms with Crippen molar-refractivity contribution < 1.29 is 10.2 Å². The van der Waals surface area contributed by atoms with Gasteiger partial charge in [0.05, 0.1) is 11.2 Å². The minimum atomic E-state index is -0.326. The first-order valence-electron chi connectivity index (χ1n) is 12.1. The molecule has 2 aromatic rings. The lowest BCUT2D eigenvalue weighted by atomic mass is 9.92. The van der Waals surface area contributed by atoms with Gasteiger partial charge in [-0.1, -0.05) is 61.3 Å². The van der Waals surface area contributed by atoms with Gasteiger partial charge in [0.1, 0.15) is 17.0 Å². The highest BCUT2D eigenvalue weighted by Gasteiger charge is 2.49. The van der Waals surface area contributed by atoms with E-state index in [1.54, 1.807) is 4.90 Å². The molecular weight excluding hydrogens is 529 g/mol. The topological polar surface area (TPSA) is 112 Å². The minimum Gasteiger partial charge on any atom is -0.323 e. The third-order valence-corrected chi connectivity index (χ3v) is 8.49. The number of benzene rings is 2. The van der Waals surface area contributed by atoms with E-state index in [-0.39, 0.29) is 35.8 Å². The van der Waals surface area contributed by atoms with Gasteiger partial charge < -0.3 is 9.80 Å². The van der Waals surface area contributed by atoms with Crippen LogP contribution in [-0.2, 0) is 4.79 Å². The standard InChI is InChI=1S/C26H27Cl2N7OS/c1-14(2)21-23(25(36)34-13-3-4-19(34)24(29)32-33-30)37-26-31-20(15-5-9-17(27)10-6-15)22(35(21)26)16-7-11-18(28)12-8-16/h5-12,14,19-20,22H,3-4,13H2,1-2H3,(H3,29,30,32)/p+1/t19?,20-,22+/m0/s1. The first-order valence-corrected chi connectivity index (χ1v) is 13.7. The quantitative estimate of drug-likeness (QED) is 0.185. The minimum absolute atomic E-state index is 0.0682. The second-order valence-corrected chi connectivity index (χ2v) is 11.4.